The number of hydrogen-bond acceptors (Lipinski definition) is 3. The minimum atomic E-state index is 0.161. The Morgan fingerprint density at radius 2 is 1.95 bits per heavy atom. The molecule has 0 saturated heterocycles. The minimum Gasteiger partial charge on any atom is -0.496 e. The van der Waals surface area contributed by atoms with E-state index in [4.69, 9.17) is 9.84 Å². The molecule has 0 radical (unpaired) electrons. The zero-order chi connectivity index (χ0) is 15.1. The molecule has 0 saturated carbocycles. The van der Waals surface area contributed by atoms with Crippen LogP contribution in [0.5, 0.6) is 5.75 Å². The highest BCUT2D eigenvalue weighted by atomic mass is 16.5. The fraction of sp³-hybridized carbons (Fsp3) is 0.333. The second kappa shape index (κ2) is 7.70. The molecule has 0 heterocycles. The molecule has 2 aromatic rings. The van der Waals surface area contributed by atoms with Crippen LogP contribution >= 0.6 is 0 Å². The highest BCUT2D eigenvalue weighted by molar-refractivity contribution is 5.49. The number of para-hydroxylation sites is 1. The van der Waals surface area contributed by atoms with Gasteiger partial charge in [0.05, 0.1) is 13.2 Å². The molecule has 0 fully saturated rings. The largest absolute Gasteiger partial charge is 0.496 e. The van der Waals surface area contributed by atoms with Gasteiger partial charge in [-0.25, -0.2) is 0 Å². The molecule has 0 aromatic heterocycles. The van der Waals surface area contributed by atoms with Crippen LogP contribution in [-0.4, -0.2) is 18.8 Å². The maximum absolute atomic E-state index is 8.92. The summed E-state index contributed by atoms with van der Waals surface area (Å²) in [5.74, 6) is 0.897. The Bertz CT molecular complexity index is 569. The second-order valence-electron chi connectivity index (χ2n) is 5.14. The number of aliphatic hydroxyl groups is 1. The summed E-state index contributed by atoms with van der Waals surface area (Å²) in [6.07, 6.45) is 1.70. The van der Waals surface area contributed by atoms with Crippen molar-refractivity contribution in [2.45, 2.75) is 25.8 Å². The summed E-state index contributed by atoms with van der Waals surface area (Å²) in [5, 5.41) is 12.4. The van der Waals surface area contributed by atoms with Crippen molar-refractivity contribution in [3.63, 3.8) is 0 Å². The number of hydrogen-bond donors (Lipinski definition) is 2. The lowest BCUT2D eigenvalue weighted by Crippen LogP contribution is -2.08. The fourth-order valence-corrected chi connectivity index (χ4v) is 2.45. The first-order valence-corrected chi connectivity index (χ1v) is 7.34. The summed E-state index contributed by atoms with van der Waals surface area (Å²) in [7, 11) is 1.70. The highest BCUT2D eigenvalue weighted by Gasteiger charge is 2.10. The number of nitrogens with one attached hydrogen (secondary N) is 1. The Labute approximate surface area is 126 Å². The molecule has 1 unspecified atom stereocenters. The molecular formula is C18H23NO2. The van der Waals surface area contributed by atoms with E-state index in [1.807, 2.05) is 24.3 Å². The van der Waals surface area contributed by atoms with Gasteiger partial charge in [0.2, 0.25) is 0 Å². The lowest BCUT2D eigenvalue weighted by molar-refractivity contribution is 0.288. The predicted molar refractivity (Wildman–Crippen MR) is 86.9 cm³/mol. The van der Waals surface area contributed by atoms with Crippen LogP contribution in [-0.2, 0) is 6.42 Å². The maximum atomic E-state index is 8.92. The third-order valence-electron chi connectivity index (χ3n) is 3.54. The lowest BCUT2D eigenvalue weighted by Gasteiger charge is -2.18. The van der Waals surface area contributed by atoms with Crippen LogP contribution < -0.4 is 10.1 Å². The monoisotopic (exact) mass is 285 g/mol. The van der Waals surface area contributed by atoms with Gasteiger partial charge >= 0.3 is 0 Å². The van der Waals surface area contributed by atoms with Crippen LogP contribution in [0.3, 0.4) is 0 Å². The quantitative estimate of drug-likeness (QED) is 0.813. The first-order chi connectivity index (χ1) is 10.2. The van der Waals surface area contributed by atoms with E-state index >= 15 is 0 Å². The van der Waals surface area contributed by atoms with Crippen molar-refractivity contribution >= 4 is 5.69 Å². The molecule has 3 heteroatoms. The first-order valence-electron chi connectivity index (χ1n) is 7.34. The maximum Gasteiger partial charge on any atom is 0.124 e. The van der Waals surface area contributed by atoms with Crippen LogP contribution in [0.1, 0.15) is 30.5 Å². The minimum absolute atomic E-state index is 0.161. The summed E-state index contributed by atoms with van der Waals surface area (Å²) < 4.78 is 5.41. The molecule has 3 nitrogen and oxygen atoms in total. The molecule has 0 amide bonds. The molecule has 0 aliphatic heterocycles. The van der Waals surface area contributed by atoms with Gasteiger partial charge in [-0.15, -0.1) is 0 Å². The van der Waals surface area contributed by atoms with Gasteiger partial charge in [-0.05, 0) is 43.5 Å². The Balaban J connectivity index is 2.10. The molecule has 0 spiro atoms. The summed E-state index contributed by atoms with van der Waals surface area (Å²) in [4.78, 5) is 0. The molecule has 0 bridgehead atoms. The molecular weight excluding hydrogens is 262 g/mol. The number of methoxy groups -OCH3 is 1. The Kier molecular flexibility index (Phi) is 5.64. The highest BCUT2D eigenvalue weighted by Crippen LogP contribution is 2.27. The van der Waals surface area contributed by atoms with E-state index in [0.29, 0.717) is 0 Å². The van der Waals surface area contributed by atoms with Gasteiger partial charge in [-0.1, -0.05) is 30.3 Å². The fourth-order valence-electron chi connectivity index (χ4n) is 2.45. The van der Waals surface area contributed by atoms with Crippen LogP contribution in [0.25, 0.3) is 0 Å². The molecule has 1 atom stereocenters. The SMILES string of the molecule is COc1ccccc1C(C)Nc1cccc(CCCO)c1. The van der Waals surface area contributed by atoms with Crippen LogP contribution in [0.4, 0.5) is 5.69 Å². The van der Waals surface area contributed by atoms with Gasteiger partial charge in [-0.2, -0.15) is 0 Å². The van der Waals surface area contributed by atoms with Gasteiger partial charge in [-0.3, -0.25) is 0 Å². The number of aryl methyl sites for hydroxylation is 1. The number of benzene rings is 2. The predicted octanol–water partition coefficient (Wildman–Crippen LogP) is 3.79. The Morgan fingerprint density at radius 3 is 2.71 bits per heavy atom. The summed E-state index contributed by atoms with van der Waals surface area (Å²) in [6, 6.07) is 16.6. The standard InChI is InChI=1S/C18H23NO2/c1-14(17-10-3-4-11-18(17)21-2)19-16-9-5-7-15(13-16)8-6-12-20/h3-5,7,9-11,13-14,19-20H,6,8,12H2,1-2H3. The van der Waals surface area contributed by atoms with E-state index in [0.717, 1.165) is 29.8 Å². The number of ether oxygens (including phenoxy) is 1. The molecule has 21 heavy (non-hydrogen) atoms. The van der Waals surface area contributed by atoms with Crippen LogP contribution in [0, 0.1) is 0 Å². The number of rotatable bonds is 7. The second-order valence-corrected chi connectivity index (χ2v) is 5.14. The number of anilines is 1. The van der Waals surface area contributed by atoms with Crippen molar-refractivity contribution in [2.75, 3.05) is 19.0 Å². The van der Waals surface area contributed by atoms with Crippen molar-refractivity contribution in [1.29, 1.82) is 0 Å². The Morgan fingerprint density at radius 1 is 1.14 bits per heavy atom. The molecule has 2 N–H and O–H groups in total. The van der Waals surface area contributed by atoms with E-state index in [2.05, 4.69) is 36.5 Å². The van der Waals surface area contributed by atoms with E-state index in [1.165, 1.54) is 5.56 Å². The van der Waals surface area contributed by atoms with Crippen LogP contribution in [0.2, 0.25) is 0 Å². The molecule has 2 rings (SSSR count). The van der Waals surface area contributed by atoms with Gasteiger partial charge < -0.3 is 15.2 Å². The normalized spacial score (nSPS) is 12.0. The van der Waals surface area contributed by atoms with E-state index < -0.39 is 0 Å². The zero-order valence-electron chi connectivity index (χ0n) is 12.7. The molecule has 2 aromatic carbocycles. The first kappa shape index (κ1) is 15.4. The van der Waals surface area contributed by atoms with Crippen molar-refractivity contribution in [2.24, 2.45) is 0 Å². The van der Waals surface area contributed by atoms with Gasteiger partial charge in [0.1, 0.15) is 5.75 Å². The average molecular weight is 285 g/mol. The van der Waals surface area contributed by atoms with Crippen molar-refractivity contribution < 1.29 is 9.84 Å². The zero-order valence-corrected chi connectivity index (χ0v) is 12.7. The van der Waals surface area contributed by atoms with Gasteiger partial charge in [0, 0.05) is 17.9 Å². The smallest absolute Gasteiger partial charge is 0.124 e. The molecule has 0 aliphatic rings. The average Bonchev–Trinajstić information content (AvgIpc) is 2.53. The molecule has 112 valence electrons. The van der Waals surface area contributed by atoms with Crippen molar-refractivity contribution in [3.05, 3.63) is 59.7 Å². The van der Waals surface area contributed by atoms with Crippen molar-refractivity contribution in [3.8, 4) is 5.75 Å². The van der Waals surface area contributed by atoms with Gasteiger partial charge in [0.25, 0.3) is 0 Å². The number of aliphatic hydroxyl groups excluding tert-OH is 1. The van der Waals surface area contributed by atoms with E-state index in [1.54, 1.807) is 7.11 Å². The summed E-state index contributed by atoms with van der Waals surface area (Å²) >= 11 is 0. The van der Waals surface area contributed by atoms with E-state index in [-0.39, 0.29) is 12.6 Å². The van der Waals surface area contributed by atoms with E-state index in [9.17, 15) is 0 Å². The Hall–Kier alpha value is -2.00. The van der Waals surface area contributed by atoms with Gasteiger partial charge in [0.15, 0.2) is 0 Å². The van der Waals surface area contributed by atoms with Crippen molar-refractivity contribution in [1.82, 2.24) is 0 Å². The third kappa shape index (κ3) is 4.23. The molecule has 0 aliphatic carbocycles. The third-order valence-corrected chi connectivity index (χ3v) is 3.54. The lowest BCUT2D eigenvalue weighted by atomic mass is 10.1. The topological polar surface area (TPSA) is 41.5 Å². The summed E-state index contributed by atoms with van der Waals surface area (Å²) in [6.45, 7) is 2.35. The van der Waals surface area contributed by atoms with Crippen LogP contribution in [0.15, 0.2) is 48.5 Å². The summed E-state index contributed by atoms with van der Waals surface area (Å²) in [5.41, 5.74) is 3.46.